The third-order valence-electron chi connectivity index (χ3n) is 4.02. The zero-order chi connectivity index (χ0) is 16.4. The molecule has 0 aromatic heterocycles. The van der Waals surface area contributed by atoms with Crippen LogP contribution in [0.25, 0.3) is 11.1 Å². The average Bonchev–Trinajstić information content (AvgIpc) is 2.87. The first-order valence-electron chi connectivity index (χ1n) is 7.39. The van der Waals surface area contributed by atoms with Gasteiger partial charge in [0.25, 0.3) is 0 Å². The largest absolute Gasteiger partial charge is 0.449 e. The van der Waals surface area contributed by atoms with Crippen molar-refractivity contribution >= 4 is 12.1 Å². The Balaban J connectivity index is 1.76. The maximum Gasteiger partial charge on any atom is 0.407 e. The highest BCUT2D eigenvalue weighted by atomic mass is 19.1. The number of hydrogen-bond donors (Lipinski definition) is 1. The van der Waals surface area contributed by atoms with Crippen LogP contribution in [-0.4, -0.2) is 24.8 Å². The fraction of sp³-hybridized carbons (Fsp3) is 0.222. The molecule has 0 unspecified atom stereocenters. The topological polar surface area (TPSA) is 55.4 Å². The molecule has 1 amide bonds. The van der Waals surface area contributed by atoms with E-state index in [2.05, 4.69) is 5.32 Å². The predicted molar refractivity (Wildman–Crippen MR) is 83.8 cm³/mol. The van der Waals surface area contributed by atoms with Crippen molar-refractivity contribution in [3.8, 4) is 11.1 Å². The lowest BCUT2D eigenvalue weighted by Gasteiger charge is -2.15. The molecular weight excluding hydrogens is 297 g/mol. The predicted octanol–water partition coefficient (Wildman–Crippen LogP) is 3.41. The molecule has 3 rings (SSSR count). The number of nitrogens with one attached hydrogen (secondary N) is 1. The van der Waals surface area contributed by atoms with Crippen molar-refractivity contribution in [2.45, 2.75) is 18.9 Å². The van der Waals surface area contributed by atoms with Gasteiger partial charge in [0.05, 0.1) is 0 Å². The number of benzene rings is 2. The van der Waals surface area contributed by atoms with Gasteiger partial charge in [0.15, 0.2) is 0 Å². The lowest BCUT2D eigenvalue weighted by atomic mass is 9.98. The van der Waals surface area contributed by atoms with Gasteiger partial charge in [-0.25, -0.2) is 4.79 Å². The van der Waals surface area contributed by atoms with Gasteiger partial charge in [-0.15, -0.1) is 0 Å². The summed E-state index contributed by atoms with van der Waals surface area (Å²) >= 11 is 0. The van der Waals surface area contributed by atoms with Crippen LogP contribution in [0.4, 0.5) is 9.18 Å². The van der Waals surface area contributed by atoms with Gasteiger partial charge < -0.3 is 10.1 Å². The fourth-order valence-corrected chi connectivity index (χ4v) is 2.87. The van der Waals surface area contributed by atoms with Crippen molar-refractivity contribution in [2.24, 2.45) is 0 Å². The molecule has 118 valence electrons. The third-order valence-corrected chi connectivity index (χ3v) is 4.02. The molecule has 0 spiro atoms. The van der Waals surface area contributed by atoms with Crippen LogP contribution in [0, 0.1) is 0 Å². The Kier molecular flexibility index (Phi) is 4.10. The zero-order valence-corrected chi connectivity index (χ0v) is 12.6. The smallest absolute Gasteiger partial charge is 0.407 e. The van der Waals surface area contributed by atoms with Crippen LogP contribution < -0.4 is 5.32 Å². The lowest BCUT2D eigenvalue weighted by molar-refractivity contribution is -0.130. The summed E-state index contributed by atoms with van der Waals surface area (Å²) in [5.41, 5.74) is 4.45. The van der Waals surface area contributed by atoms with Crippen molar-refractivity contribution in [3.63, 3.8) is 0 Å². The molecule has 5 heteroatoms. The van der Waals surface area contributed by atoms with E-state index in [0.717, 1.165) is 22.3 Å². The maximum absolute atomic E-state index is 12.5. The van der Waals surface area contributed by atoms with Gasteiger partial charge in [-0.05, 0) is 29.2 Å². The van der Waals surface area contributed by atoms with Crippen LogP contribution in [0.5, 0.6) is 0 Å². The molecule has 1 N–H and O–H groups in total. The molecule has 0 saturated carbocycles. The number of ether oxygens (including phenoxy) is 1. The molecule has 23 heavy (non-hydrogen) atoms. The van der Waals surface area contributed by atoms with Crippen molar-refractivity contribution in [2.75, 3.05) is 6.61 Å². The molecule has 1 atom stereocenters. The first kappa shape index (κ1) is 15.2. The molecule has 1 aliphatic carbocycles. The van der Waals surface area contributed by atoms with E-state index in [1.807, 2.05) is 48.5 Å². The van der Waals surface area contributed by atoms with E-state index in [0.29, 0.717) is 0 Å². The first-order valence-corrected chi connectivity index (χ1v) is 7.39. The maximum atomic E-state index is 12.5. The summed E-state index contributed by atoms with van der Waals surface area (Å²) in [5, 5.41) is 2.17. The Bertz CT molecular complexity index is 714. The van der Waals surface area contributed by atoms with Crippen LogP contribution in [-0.2, 0) is 9.53 Å². The highest BCUT2D eigenvalue weighted by Gasteiger charge is 2.29. The lowest BCUT2D eigenvalue weighted by Crippen LogP contribution is -2.37. The Labute approximate surface area is 133 Å². The first-order chi connectivity index (χ1) is 11.1. The second kappa shape index (κ2) is 6.20. The Morgan fingerprint density at radius 2 is 1.61 bits per heavy atom. The van der Waals surface area contributed by atoms with E-state index in [1.54, 1.807) is 0 Å². The van der Waals surface area contributed by atoms with Crippen LogP contribution in [0.15, 0.2) is 48.5 Å². The number of hydrogen-bond acceptors (Lipinski definition) is 3. The number of carbonyl (C=O) groups excluding carboxylic acids is 2. The fourth-order valence-electron chi connectivity index (χ4n) is 2.87. The normalized spacial score (nSPS) is 13.8. The minimum absolute atomic E-state index is 0.0652. The molecule has 0 aliphatic heterocycles. The molecule has 0 heterocycles. The summed E-state index contributed by atoms with van der Waals surface area (Å²) in [4.78, 5) is 22.2. The van der Waals surface area contributed by atoms with Crippen molar-refractivity contribution in [3.05, 3.63) is 59.7 Å². The average molecular weight is 313 g/mol. The minimum atomic E-state index is -1.60. The molecule has 2 aromatic rings. The molecule has 0 radical (unpaired) electrons. The van der Waals surface area contributed by atoms with Gasteiger partial charge in [-0.3, -0.25) is 4.79 Å². The van der Waals surface area contributed by atoms with Crippen molar-refractivity contribution < 1.29 is 18.7 Å². The summed E-state index contributed by atoms with van der Waals surface area (Å²) in [5.74, 6) is -0.0652. The Hall–Kier alpha value is -2.69. The second-order valence-corrected chi connectivity index (χ2v) is 5.50. The van der Waals surface area contributed by atoms with Gasteiger partial charge in [-0.2, -0.15) is 4.39 Å². The molecular formula is C18H16FNO3. The summed E-state index contributed by atoms with van der Waals surface area (Å²) in [7, 11) is 0. The summed E-state index contributed by atoms with van der Waals surface area (Å²) < 4.78 is 17.7. The highest BCUT2D eigenvalue weighted by molar-refractivity contribution is 5.81. The van der Waals surface area contributed by atoms with Crippen LogP contribution in [0.2, 0.25) is 0 Å². The SMILES string of the molecule is C[C@@H](NC(=O)OCC1c2ccccc2-c2ccccc21)C(=O)F. The Morgan fingerprint density at radius 1 is 1.09 bits per heavy atom. The number of halogens is 1. The standard InChI is InChI=1S/C18H16FNO3/c1-11(17(19)21)20-18(22)23-10-16-14-8-4-2-6-12(14)13-7-3-5-9-15(13)16/h2-9,11,16H,10H2,1H3,(H,20,22)/t11-/m1/s1. The molecule has 0 bridgehead atoms. The summed E-state index contributed by atoms with van der Waals surface area (Å²) in [6.07, 6.45) is -0.801. The summed E-state index contributed by atoms with van der Waals surface area (Å²) in [6.45, 7) is 1.40. The molecule has 2 aromatic carbocycles. The van der Waals surface area contributed by atoms with Crippen molar-refractivity contribution in [1.82, 2.24) is 5.32 Å². The third kappa shape index (κ3) is 2.95. The van der Waals surface area contributed by atoms with Gasteiger partial charge in [0.2, 0.25) is 0 Å². The zero-order valence-electron chi connectivity index (χ0n) is 12.6. The van der Waals surface area contributed by atoms with Gasteiger partial charge >= 0.3 is 12.1 Å². The van der Waals surface area contributed by atoms with E-state index in [4.69, 9.17) is 4.74 Å². The van der Waals surface area contributed by atoms with E-state index in [1.165, 1.54) is 6.92 Å². The van der Waals surface area contributed by atoms with E-state index in [-0.39, 0.29) is 12.5 Å². The van der Waals surface area contributed by atoms with Crippen molar-refractivity contribution in [1.29, 1.82) is 0 Å². The van der Waals surface area contributed by atoms with Gasteiger partial charge in [-0.1, -0.05) is 48.5 Å². The van der Waals surface area contributed by atoms with E-state index >= 15 is 0 Å². The highest BCUT2D eigenvalue weighted by Crippen LogP contribution is 2.44. The van der Waals surface area contributed by atoms with Gasteiger partial charge in [0, 0.05) is 5.92 Å². The van der Waals surface area contributed by atoms with E-state index in [9.17, 15) is 14.0 Å². The molecule has 1 aliphatic rings. The monoisotopic (exact) mass is 313 g/mol. The van der Waals surface area contributed by atoms with Crippen LogP contribution in [0.1, 0.15) is 24.0 Å². The van der Waals surface area contributed by atoms with E-state index < -0.39 is 18.2 Å². The van der Waals surface area contributed by atoms with Crippen LogP contribution in [0.3, 0.4) is 0 Å². The molecule has 4 nitrogen and oxygen atoms in total. The van der Waals surface area contributed by atoms with Crippen LogP contribution >= 0.6 is 0 Å². The quantitative estimate of drug-likeness (QED) is 0.880. The number of fused-ring (bicyclic) bond motifs is 3. The minimum Gasteiger partial charge on any atom is -0.449 e. The number of alkyl carbamates (subject to hydrolysis) is 1. The van der Waals surface area contributed by atoms with Gasteiger partial charge in [0.1, 0.15) is 12.6 Å². The summed E-state index contributed by atoms with van der Waals surface area (Å²) in [6, 6.07) is 13.1. The number of rotatable bonds is 4. The Morgan fingerprint density at radius 3 is 2.13 bits per heavy atom. The number of amides is 1. The number of carbonyl (C=O) groups is 2. The second-order valence-electron chi connectivity index (χ2n) is 5.50. The molecule has 0 fully saturated rings. The molecule has 0 saturated heterocycles.